The Bertz CT molecular complexity index is 429. The van der Waals surface area contributed by atoms with E-state index in [1.807, 2.05) is 12.1 Å². The van der Waals surface area contributed by atoms with E-state index < -0.39 is 0 Å². The van der Waals surface area contributed by atoms with E-state index in [2.05, 4.69) is 50.8 Å². The zero-order valence-corrected chi connectivity index (χ0v) is 16.7. The second kappa shape index (κ2) is 11.2. The fourth-order valence-corrected chi connectivity index (χ4v) is 1.94. The Hall–Kier alpha value is -0.353. The average molecular weight is 332 g/mol. The molecule has 0 aliphatic rings. The van der Waals surface area contributed by atoms with Crippen molar-refractivity contribution in [2.24, 2.45) is 17.8 Å². The SMILES string of the molecule is CC(C)COc1cc(OCC(C)C)c([PH-])c(OCC(C)C)c1.[Li+]. The number of ether oxygens (including phenoxy) is 3. The van der Waals surface area contributed by atoms with E-state index >= 15 is 0 Å². The second-order valence-electron chi connectivity index (χ2n) is 6.91. The molecule has 1 aromatic carbocycles. The van der Waals surface area contributed by atoms with Gasteiger partial charge in [-0.15, -0.1) is 5.30 Å². The summed E-state index contributed by atoms with van der Waals surface area (Å²) in [4.78, 5) is 0. The molecule has 0 spiro atoms. The summed E-state index contributed by atoms with van der Waals surface area (Å²) >= 11 is 0. The van der Waals surface area contributed by atoms with Gasteiger partial charge in [-0.1, -0.05) is 41.5 Å². The molecule has 5 heteroatoms. The van der Waals surface area contributed by atoms with E-state index in [1.54, 1.807) is 0 Å². The van der Waals surface area contributed by atoms with Gasteiger partial charge in [-0.05, 0) is 17.8 Å². The van der Waals surface area contributed by atoms with Crippen molar-refractivity contribution in [3.8, 4) is 17.2 Å². The van der Waals surface area contributed by atoms with Gasteiger partial charge in [0, 0.05) is 12.1 Å². The normalized spacial score (nSPS) is 10.9. The minimum absolute atomic E-state index is 0. The average Bonchev–Trinajstić information content (AvgIpc) is 2.42. The van der Waals surface area contributed by atoms with Crippen LogP contribution in [0, 0.1) is 17.8 Å². The minimum Gasteiger partial charge on any atom is -0.517 e. The summed E-state index contributed by atoms with van der Waals surface area (Å²) in [6.07, 6.45) is 0. The first kappa shape index (κ1) is 22.6. The topological polar surface area (TPSA) is 27.7 Å². The van der Waals surface area contributed by atoms with Crippen molar-refractivity contribution in [1.82, 2.24) is 0 Å². The molecule has 0 radical (unpaired) electrons. The van der Waals surface area contributed by atoms with Gasteiger partial charge >= 0.3 is 18.9 Å². The Balaban J connectivity index is 0.00000484. The molecule has 0 N–H and O–H groups in total. The van der Waals surface area contributed by atoms with E-state index in [1.165, 1.54) is 0 Å². The molecule has 0 heterocycles. The van der Waals surface area contributed by atoms with Gasteiger partial charge in [0.2, 0.25) is 0 Å². The van der Waals surface area contributed by atoms with E-state index in [9.17, 15) is 0 Å². The summed E-state index contributed by atoms with van der Waals surface area (Å²) in [6.45, 7) is 14.8. The molecule has 1 rings (SSSR count). The quantitative estimate of drug-likeness (QED) is 0.507. The van der Waals surface area contributed by atoms with E-state index in [-0.39, 0.29) is 18.9 Å². The smallest absolute Gasteiger partial charge is 0.517 e. The number of hydrogen-bond donors (Lipinski definition) is 0. The van der Waals surface area contributed by atoms with Crippen LogP contribution < -0.4 is 38.4 Å². The molecule has 0 fully saturated rings. The molecule has 0 aliphatic heterocycles. The summed E-state index contributed by atoms with van der Waals surface area (Å²) in [6, 6.07) is 3.85. The van der Waals surface area contributed by atoms with E-state index in [0.29, 0.717) is 37.6 Å². The molecule has 0 amide bonds. The van der Waals surface area contributed by atoms with Crippen LogP contribution in [0.1, 0.15) is 41.5 Å². The third-order valence-electron chi connectivity index (χ3n) is 2.77. The van der Waals surface area contributed by atoms with Crippen LogP contribution in [-0.4, -0.2) is 19.8 Å². The molecule has 0 saturated carbocycles. The van der Waals surface area contributed by atoms with Crippen molar-refractivity contribution in [3.05, 3.63) is 12.1 Å². The molecule has 0 aromatic heterocycles. The number of benzene rings is 1. The Morgan fingerprint density at radius 1 is 0.739 bits per heavy atom. The number of hydrogen-bond acceptors (Lipinski definition) is 3. The van der Waals surface area contributed by atoms with Crippen molar-refractivity contribution in [2.45, 2.75) is 41.5 Å². The van der Waals surface area contributed by atoms with Gasteiger partial charge in [0.05, 0.1) is 31.3 Å². The molecular formula is C18H30LiO3P. The third kappa shape index (κ3) is 8.90. The predicted octanol–water partition coefficient (Wildman–Crippen LogP) is 1.56. The molecule has 23 heavy (non-hydrogen) atoms. The first-order valence-corrected chi connectivity index (χ1v) is 8.57. The molecule has 0 unspecified atom stereocenters. The first-order valence-electron chi connectivity index (χ1n) is 8.07. The first-order chi connectivity index (χ1) is 10.3. The summed E-state index contributed by atoms with van der Waals surface area (Å²) in [7, 11) is 3.65. The second-order valence-corrected chi connectivity index (χ2v) is 7.41. The number of rotatable bonds is 9. The van der Waals surface area contributed by atoms with Gasteiger partial charge in [-0.3, -0.25) is 0 Å². The molecular weight excluding hydrogens is 302 g/mol. The monoisotopic (exact) mass is 332 g/mol. The van der Waals surface area contributed by atoms with Crippen LogP contribution in [0.3, 0.4) is 0 Å². The standard InChI is InChI=1S/C18H30O3P.Li/c1-12(2)9-19-15-7-16(20-10-13(3)4)18(22)17(8-15)21-11-14(5)6;/h7-8,12-14,22H,9-11H2,1-6H3;/q-1;+1. The maximum absolute atomic E-state index is 5.88. The van der Waals surface area contributed by atoms with E-state index in [4.69, 9.17) is 14.2 Å². The van der Waals surface area contributed by atoms with Gasteiger partial charge in [0.25, 0.3) is 0 Å². The molecule has 0 saturated heterocycles. The summed E-state index contributed by atoms with van der Waals surface area (Å²) in [5, 5.41) is 0.846. The molecule has 3 nitrogen and oxygen atoms in total. The fourth-order valence-electron chi connectivity index (χ4n) is 1.65. The van der Waals surface area contributed by atoms with Gasteiger partial charge in [0.15, 0.2) is 0 Å². The zero-order valence-electron chi connectivity index (χ0n) is 15.7. The van der Waals surface area contributed by atoms with Crippen LogP contribution in [0.4, 0.5) is 0 Å². The van der Waals surface area contributed by atoms with Crippen LogP contribution in [0.5, 0.6) is 17.2 Å². The van der Waals surface area contributed by atoms with Crippen LogP contribution >= 0.6 is 9.24 Å². The maximum Gasteiger partial charge on any atom is 1.00 e. The van der Waals surface area contributed by atoms with Crippen LogP contribution in [0.2, 0.25) is 0 Å². The van der Waals surface area contributed by atoms with Gasteiger partial charge in [0.1, 0.15) is 5.75 Å². The van der Waals surface area contributed by atoms with Gasteiger partial charge in [-0.2, -0.15) is 0 Å². The van der Waals surface area contributed by atoms with E-state index in [0.717, 1.165) is 22.6 Å². The predicted molar refractivity (Wildman–Crippen MR) is 95.4 cm³/mol. The van der Waals surface area contributed by atoms with Gasteiger partial charge < -0.3 is 23.5 Å². The Morgan fingerprint density at radius 2 is 1.09 bits per heavy atom. The largest absolute Gasteiger partial charge is 1.00 e. The van der Waals surface area contributed by atoms with Gasteiger partial charge in [-0.25, -0.2) is 0 Å². The molecule has 0 atom stereocenters. The Morgan fingerprint density at radius 3 is 1.43 bits per heavy atom. The van der Waals surface area contributed by atoms with Crippen LogP contribution in [-0.2, 0) is 0 Å². The summed E-state index contributed by atoms with van der Waals surface area (Å²) in [5.41, 5.74) is 0. The molecule has 0 aliphatic carbocycles. The van der Waals surface area contributed by atoms with Crippen LogP contribution in [0.15, 0.2) is 12.1 Å². The van der Waals surface area contributed by atoms with Crippen molar-refractivity contribution < 1.29 is 33.1 Å². The van der Waals surface area contributed by atoms with Crippen molar-refractivity contribution in [1.29, 1.82) is 0 Å². The molecule has 0 bridgehead atoms. The van der Waals surface area contributed by atoms with Crippen molar-refractivity contribution in [2.75, 3.05) is 19.8 Å². The molecule has 1 aromatic rings. The van der Waals surface area contributed by atoms with Crippen molar-refractivity contribution in [3.63, 3.8) is 0 Å². The molecule has 126 valence electrons. The summed E-state index contributed by atoms with van der Waals surface area (Å²) in [5.74, 6) is 3.73. The Kier molecular flexibility index (Phi) is 11.1. The minimum atomic E-state index is 0. The third-order valence-corrected chi connectivity index (χ3v) is 3.26. The fraction of sp³-hybridized carbons (Fsp3) is 0.667. The maximum atomic E-state index is 5.88. The zero-order chi connectivity index (χ0) is 16.7. The van der Waals surface area contributed by atoms with Crippen LogP contribution in [0.25, 0.3) is 0 Å². The van der Waals surface area contributed by atoms with Crippen molar-refractivity contribution >= 4 is 14.5 Å². The Labute approximate surface area is 156 Å². The summed E-state index contributed by atoms with van der Waals surface area (Å²) < 4.78 is 17.6.